The van der Waals surface area contributed by atoms with Crippen LogP contribution in [0.3, 0.4) is 0 Å². The van der Waals surface area contributed by atoms with Gasteiger partial charge in [0.05, 0.1) is 30.2 Å². The molecule has 5 rings (SSSR count). The Morgan fingerprint density at radius 2 is 1.66 bits per heavy atom. The molecular weight excluding hydrogens is 448 g/mol. The summed E-state index contributed by atoms with van der Waals surface area (Å²) in [7, 11) is 0. The van der Waals surface area contributed by atoms with Crippen molar-refractivity contribution in [3.63, 3.8) is 0 Å². The van der Waals surface area contributed by atoms with Gasteiger partial charge in [0, 0.05) is 0 Å². The van der Waals surface area contributed by atoms with Crippen molar-refractivity contribution in [1.29, 1.82) is 0 Å². The minimum atomic E-state index is -0.615. The van der Waals surface area contributed by atoms with Gasteiger partial charge < -0.3 is 15.3 Å². The first kappa shape index (κ1) is 22.6. The Balaban J connectivity index is 1.45. The number of ether oxygens (including phenoxy) is 1. The molecule has 10 nitrogen and oxygen atoms in total. The lowest BCUT2D eigenvalue weighted by Crippen LogP contribution is -2.51. The average Bonchev–Trinajstić information content (AvgIpc) is 3.09. The van der Waals surface area contributed by atoms with Gasteiger partial charge in [0.2, 0.25) is 0 Å². The molecule has 0 radical (unpaired) electrons. The lowest BCUT2D eigenvalue weighted by molar-refractivity contribution is -0.225. The molecule has 1 aliphatic heterocycles. The van der Waals surface area contributed by atoms with Gasteiger partial charge in [-0.3, -0.25) is 9.13 Å². The number of para-hydroxylation sites is 1. The SMILES string of the molecule is CC(C)(C)C(=O)ON1CC(n2c(=O)n(-c3ccc(Oc4ccccc4)cc3)c3c(N)ncnc32)C1. The lowest BCUT2D eigenvalue weighted by atomic mass is 9.98. The quantitative estimate of drug-likeness (QED) is 0.468. The predicted octanol–water partition coefficient (Wildman–Crippen LogP) is 3.32. The van der Waals surface area contributed by atoms with Gasteiger partial charge in [-0.1, -0.05) is 18.2 Å². The summed E-state index contributed by atoms with van der Waals surface area (Å²) in [5, 5.41) is 1.55. The van der Waals surface area contributed by atoms with Crippen LogP contribution in [0.4, 0.5) is 5.82 Å². The summed E-state index contributed by atoms with van der Waals surface area (Å²) in [6.07, 6.45) is 1.34. The number of nitrogens with two attached hydrogens (primary N) is 1. The van der Waals surface area contributed by atoms with Crippen molar-refractivity contribution in [3.05, 3.63) is 71.4 Å². The number of hydrogen-bond acceptors (Lipinski definition) is 8. The van der Waals surface area contributed by atoms with Gasteiger partial charge in [0.25, 0.3) is 0 Å². The summed E-state index contributed by atoms with van der Waals surface area (Å²) >= 11 is 0. The number of nitrogen functional groups attached to an aromatic ring is 1. The second kappa shape index (κ2) is 8.55. The van der Waals surface area contributed by atoms with E-state index in [0.29, 0.717) is 41.4 Å². The minimum absolute atomic E-state index is 0.200. The van der Waals surface area contributed by atoms with Crippen molar-refractivity contribution >= 4 is 23.0 Å². The summed E-state index contributed by atoms with van der Waals surface area (Å²) in [5.74, 6) is 1.23. The van der Waals surface area contributed by atoms with Crippen LogP contribution >= 0.6 is 0 Å². The molecule has 2 N–H and O–H groups in total. The largest absolute Gasteiger partial charge is 0.457 e. The third-order valence-electron chi connectivity index (χ3n) is 5.77. The monoisotopic (exact) mass is 474 g/mol. The van der Waals surface area contributed by atoms with E-state index in [1.54, 1.807) is 54.7 Å². The fourth-order valence-electron chi connectivity index (χ4n) is 3.83. The van der Waals surface area contributed by atoms with Gasteiger partial charge in [-0.15, -0.1) is 5.06 Å². The zero-order valence-electron chi connectivity index (χ0n) is 19.7. The van der Waals surface area contributed by atoms with Crippen LogP contribution in [0.2, 0.25) is 0 Å². The smallest absolute Gasteiger partial charge is 0.335 e. The number of rotatable bonds is 5. The summed E-state index contributed by atoms with van der Waals surface area (Å²) in [5.41, 5.74) is 6.74. The van der Waals surface area contributed by atoms with E-state index >= 15 is 0 Å². The van der Waals surface area contributed by atoms with E-state index in [1.807, 2.05) is 30.3 Å². The predicted molar refractivity (Wildman–Crippen MR) is 130 cm³/mol. The van der Waals surface area contributed by atoms with E-state index in [2.05, 4.69) is 9.97 Å². The number of aromatic nitrogens is 4. The third-order valence-corrected chi connectivity index (χ3v) is 5.77. The van der Waals surface area contributed by atoms with Crippen LogP contribution in [-0.2, 0) is 9.63 Å². The number of hydroxylamine groups is 2. The molecule has 0 amide bonds. The minimum Gasteiger partial charge on any atom is -0.457 e. The van der Waals surface area contributed by atoms with Gasteiger partial charge in [0.15, 0.2) is 11.5 Å². The number of carbonyl (C=O) groups excluding carboxylic acids is 1. The first-order valence-corrected chi connectivity index (χ1v) is 11.3. The molecule has 1 aliphatic rings. The number of carbonyl (C=O) groups is 1. The highest BCUT2D eigenvalue weighted by atomic mass is 16.7. The van der Waals surface area contributed by atoms with Gasteiger partial charge in [-0.05, 0) is 57.2 Å². The maximum Gasteiger partial charge on any atom is 0.335 e. The topological polar surface area (TPSA) is 118 Å². The fraction of sp³-hybridized carbons (Fsp3) is 0.280. The maximum atomic E-state index is 13.6. The fourth-order valence-corrected chi connectivity index (χ4v) is 3.83. The van der Waals surface area contributed by atoms with Crippen LogP contribution in [0, 0.1) is 5.41 Å². The number of nitrogens with zero attached hydrogens (tertiary/aromatic N) is 5. The number of hydrogen-bond donors (Lipinski definition) is 1. The van der Waals surface area contributed by atoms with Crippen molar-refractivity contribution in [2.75, 3.05) is 18.8 Å². The van der Waals surface area contributed by atoms with Crippen LogP contribution in [0.15, 0.2) is 65.7 Å². The lowest BCUT2D eigenvalue weighted by Gasteiger charge is -2.38. The van der Waals surface area contributed by atoms with Crippen LogP contribution in [-0.4, -0.2) is 43.2 Å². The third kappa shape index (κ3) is 4.24. The normalized spacial score (nSPS) is 14.6. The second-order valence-electron chi connectivity index (χ2n) is 9.46. The maximum absolute atomic E-state index is 13.6. The van der Waals surface area contributed by atoms with Gasteiger partial charge in [0.1, 0.15) is 23.3 Å². The highest BCUT2D eigenvalue weighted by molar-refractivity contribution is 5.84. The van der Waals surface area contributed by atoms with Gasteiger partial charge in [-0.2, -0.15) is 0 Å². The molecule has 0 bridgehead atoms. The molecule has 2 aromatic heterocycles. The highest BCUT2D eigenvalue weighted by Gasteiger charge is 2.37. The molecule has 10 heteroatoms. The van der Waals surface area contributed by atoms with Crippen molar-refractivity contribution in [3.8, 4) is 17.2 Å². The van der Waals surface area contributed by atoms with E-state index in [4.69, 9.17) is 15.3 Å². The molecule has 0 unspecified atom stereocenters. The number of benzene rings is 2. The van der Waals surface area contributed by atoms with Crippen molar-refractivity contribution in [2.24, 2.45) is 5.41 Å². The zero-order chi connectivity index (χ0) is 24.7. The number of fused-ring (bicyclic) bond motifs is 1. The molecule has 0 saturated carbocycles. The zero-order valence-corrected chi connectivity index (χ0v) is 19.7. The first-order valence-electron chi connectivity index (χ1n) is 11.3. The Labute approximate surface area is 201 Å². The first-order chi connectivity index (χ1) is 16.7. The molecule has 4 aromatic rings. The molecule has 1 saturated heterocycles. The van der Waals surface area contributed by atoms with E-state index in [-0.39, 0.29) is 23.5 Å². The van der Waals surface area contributed by atoms with Crippen LogP contribution in [0.1, 0.15) is 26.8 Å². The Morgan fingerprint density at radius 3 is 2.31 bits per heavy atom. The van der Waals surface area contributed by atoms with Crippen LogP contribution in [0.25, 0.3) is 16.9 Å². The van der Waals surface area contributed by atoms with Crippen LogP contribution in [0.5, 0.6) is 11.5 Å². The average molecular weight is 475 g/mol. The molecule has 3 heterocycles. The van der Waals surface area contributed by atoms with Gasteiger partial charge >= 0.3 is 11.7 Å². The number of imidazole rings is 1. The molecule has 35 heavy (non-hydrogen) atoms. The molecule has 0 atom stereocenters. The van der Waals surface area contributed by atoms with E-state index in [0.717, 1.165) is 0 Å². The molecular formula is C25H26N6O4. The number of anilines is 1. The van der Waals surface area contributed by atoms with Crippen LogP contribution < -0.4 is 16.2 Å². The molecule has 0 spiro atoms. The standard InChI is InChI=1S/C25H26N6O4/c1-25(2,3)23(32)35-29-13-17(14-29)31-22-20(21(26)27-15-28-22)30(24(31)33)16-9-11-19(12-10-16)34-18-7-5-4-6-8-18/h4-12,15,17H,13-14H2,1-3H3,(H2,26,27,28). The Morgan fingerprint density at radius 1 is 1.00 bits per heavy atom. The molecule has 0 aliphatic carbocycles. The molecule has 1 fully saturated rings. The van der Waals surface area contributed by atoms with Gasteiger partial charge in [-0.25, -0.2) is 19.6 Å². The van der Waals surface area contributed by atoms with Crippen molar-refractivity contribution < 1.29 is 14.4 Å². The summed E-state index contributed by atoms with van der Waals surface area (Å²) < 4.78 is 8.95. The Bertz CT molecular complexity index is 1430. The van der Waals surface area contributed by atoms with E-state index in [9.17, 15) is 9.59 Å². The van der Waals surface area contributed by atoms with E-state index in [1.165, 1.54) is 10.9 Å². The second-order valence-corrected chi connectivity index (χ2v) is 9.46. The van der Waals surface area contributed by atoms with Crippen molar-refractivity contribution in [2.45, 2.75) is 26.8 Å². The van der Waals surface area contributed by atoms with E-state index < -0.39 is 5.41 Å². The summed E-state index contributed by atoms with van der Waals surface area (Å²) in [6, 6.07) is 16.4. The summed E-state index contributed by atoms with van der Waals surface area (Å²) in [6.45, 7) is 6.12. The molecule has 2 aromatic carbocycles. The highest BCUT2D eigenvalue weighted by Crippen LogP contribution is 2.29. The molecule has 180 valence electrons. The Kier molecular flexibility index (Phi) is 5.52. The van der Waals surface area contributed by atoms with Crippen molar-refractivity contribution in [1.82, 2.24) is 24.2 Å². The Hall–Kier alpha value is -4.18. The summed E-state index contributed by atoms with van der Waals surface area (Å²) in [4.78, 5) is 39.6.